The van der Waals surface area contributed by atoms with E-state index >= 15 is 0 Å². The molecule has 0 fully saturated rings. The summed E-state index contributed by atoms with van der Waals surface area (Å²) in [5, 5.41) is 50.4. The monoisotopic (exact) mass is 1130 g/mol. The predicted octanol–water partition coefficient (Wildman–Crippen LogP) is 8.94. The maximum absolute atomic E-state index is 13.1. The number of rotatable bonds is 26. The molecule has 0 aliphatic rings. The Kier molecular flexibility index (Phi) is 20.4. The standard InChI is InChI=1S/C39H39N11O19S5/c1-21-4-6-23(7-5-21)44-48-36-33(39(52)53)37(35(41)38(34(36)40)50-45-27-13-12-26(16-32(27)73(56,57)58)72(54,55)15-14-66-74(59,60)61)49-47-30-17-28(42-22(2)51)29(18-31(30)62-3)46-43-24-8-10-25(11-9-24)67-68-63-19-64-69-71-20-65-70/h4-13,16-18,70H,14-15,19-20,40-41H2,1-3H3,(H,42,51)(H,52,53)(H,56,57,58)(H,59,60,61). The number of azo groups is 4. The van der Waals surface area contributed by atoms with E-state index in [0.29, 0.717) is 11.8 Å². The number of nitrogens with one attached hydrogen (secondary N) is 1. The van der Waals surface area contributed by atoms with E-state index in [1.54, 1.807) is 31.2 Å². The van der Waals surface area contributed by atoms with Crippen LogP contribution in [0, 0.1) is 6.92 Å². The molecule has 0 saturated heterocycles. The highest BCUT2D eigenvalue weighted by molar-refractivity contribution is 7.94. The Bertz CT molecular complexity index is 3330. The van der Waals surface area contributed by atoms with Crippen LogP contribution in [-0.4, -0.2) is 83.5 Å². The molecule has 0 aliphatic carbocycles. The highest BCUT2D eigenvalue weighted by Crippen LogP contribution is 2.50. The third-order valence-corrected chi connectivity index (χ3v) is 12.6. The predicted molar refractivity (Wildman–Crippen MR) is 262 cm³/mol. The molecule has 0 bridgehead atoms. The fourth-order valence-corrected chi connectivity index (χ4v) is 8.14. The molecule has 0 radical (unpaired) electrons. The van der Waals surface area contributed by atoms with Gasteiger partial charge in [-0.1, -0.05) is 17.7 Å². The van der Waals surface area contributed by atoms with Gasteiger partial charge in [0.25, 0.3) is 10.1 Å². The number of nitrogens with zero attached hydrogens (tertiary/aromatic N) is 8. The maximum Gasteiger partial charge on any atom is 0.397 e. The van der Waals surface area contributed by atoms with Gasteiger partial charge in [0, 0.05) is 13.0 Å². The third-order valence-electron chi connectivity index (χ3n) is 8.86. The van der Waals surface area contributed by atoms with Crippen molar-refractivity contribution in [3.63, 3.8) is 0 Å². The van der Waals surface area contributed by atoms with Crippen LogP contribution >= 0.6 is 25.0 Å². The highest BCUT2D eigenvalue weighted by Gasteiger charge is 2.28. The number of carbonyl (C=O) groups excluding carboxylic acids is 1. The number of nitrogen functional groups attached to an aromatic ring is 2. The minimum atomic E-state index is -5.31. The number of carboxylic acid groups (broad SMARTS) is 1. The number of hydrogen-bond donors (Lipinski definition) is 7. The van der Waals surface area contributed by atoms with E-state index in [9.17, 15) is 44.5 Å². The summed E-state index contributed by atoms with van der Waals surface area (Å²) in [5.74, 6) is -3.13. The number of hydrogen-bond acceptors (Lipinski definition) is 28. The summed E-state index contributed by atoms with van der Waals surface area (Å²) in [5.41, 5.74) is 9.56. The molecule has 0 aromatic heterocycles. The van der Waals surface area contributed by atoms with Crippen LogP contribution in [0.1, 0.15) is 22.8 Å². The molecule has 0 spiro atoms. The minimum Gasteiger partial charge on any atom is -0.494 e. The number of aromatic carboxylic acids is 1. The first-order valence-corrected chi connectivity index (χ1v) is 25.7. The second-order valence-electron chi connectivity index (χ2n) is 14.0. The summed E-state index contributed by atoms with van der Waals surface area (Å²) in [6, 6.07) is 17.0. The third kappa shape index (κ3) is 16.7. The first kappa shape index (κ1) is 57.8. The van der Waals surface area contributed by atoms with Gasteiger partial charge in [-0.05, 0) is 85.5 Å². The van der Waals surface area contributed by atoms with Crippen LogP contribution in [0.5, 0.6) is 11.5 Å². The molecule has 1 amide bonds. The van der Waals surface area contributed by atoms with Crippen LogP contribution in [0.3, 0.4) is 0 Å². The summed E-state index contributed by atoms with van der Waals surface area (Å²) < 4.78 is 110. The van der Waals surface area contributed by atoms with Crippen LogP contribution < -0.4 is 26.4 Å². The average Bonchev–Trinajstić information content (AvgIpc) is 3.33. The first-order valence-electron chi connectivity index (χ1n) is 19.9. The summed E-state index contributed by atoms with van der Waals surface area (Å²) in [4.78, 5) is 37.8. The molecule has 30 nitrogen and oxygen atoms in total. The van der Waals surface area contributed by atoms with Crippen molar-refractivity contribution in [3.05, 3.63) is 90.0 Å². The number of carbonyl (C=O) groups is 2. The molecule has 0 atom stereocenters. The van der Waals surface area contributed by atoms with Gasteiger partial charge in [-0.15, -0.1) is 30.7 Å². The van der Waals surface area contributed by atoms with Crippen molar-refractivity contribution in [3.8, 4) is 11.5 Å². The van der Waals surface area contributed by atoms with Gasteiger partial charge in [0.1, 0.15) is 56.3 Å². The minimum absolute atomic E-state index is 0.00922. The number of sulfone groups is 1. The lowest BCUT2D eigenvalue weighted by molar-refractivity contribution is -0.502. The molecule has 5 aromatic carbocycles. The van der Waals surface area contributed by atoms with Crippen molar-refractivity contribution in [1.82, 2.24) is 0 Å². The van der Waals surface area contributed by atoms with Gasteiger partial charge in [0.2, 0.25) is 12.7 Å². The fraction of sp³-hybridized carbons (Fsp3) is 0.179. The van der Waals surface area contributed by atoms with Gasteiger partial charge in [-0.3, -0.25) is 13.9 Å². The van der Waals surface area contributed by atoms with E-state index in [1.807, 2.05) is 0 Å². The van der Waals surface area contributed by atoms with Gasteiger partial charge >= 0.3 is 16.4 Å². The van der Waals surface area contributed by atoms with Crippen molar-refractivity contribution in [1.29, 1.82) is 0 Å². The zero-order valence-corrected chi connectivity index (χ0v) is 42.2. The number of benzene rings is 5. The Balaban J connectivity index is 1.57. The van der Waals surface area contributed by atoms with Crippen LogP contribution in [-0.2, 0) is 62.7 Å². The smallest absolute Gasteiger partial charge is 0.397 e. The number of ether oxygens (including phenoxy) is 1. The molecular weight excluding hydrogens is 1090 g/mol. The van der Waals surface area contributed by atoms with Crippen molar-refractivity contribution in [2.24, 2.45) is 40.9 Å². The Morgan fingerprint density at radius 2 is 1.34 bits per heavy atom. The van der Waals surface area contributed by atoms with Gasteiger partial charge in [0.05, 0.1) is 64.8 Å². The van der Waals surface area contributed by atoms with Crippen LogP contribution in [0.2, 0.25) is 0 Å². The van der Waals surface area contributed by atoms with Crippen LogP contribution in [0.25, 0.3) is 0 Å². The topological polar surface area (TPSA) is 434 Å². The number of methoxy groups -OCH3 is 1. The van der Waals surface area contributed by atoms with Gasteiger partial charge in [-0.25, -0.2) is 17.4 Å². The van der Waals surface area contributed by atoms with Gasteiger partial charge < -0.3 is 35.7 Å². The molecule has 394 valence electrons. The summed E-state index contributed by atoms with van der Waals surface area (Å²) in [6.07, 6.45) is 0. The van der Waals surface area contributed by atoms with E-state index in [0.717, 1.165) is 29.7 Å². The normalized spacial score (nSPS) is 12.4. The SMILES string of the molecule is COc1cc(N=Nc2ccc(OOOCOOSCOS)cc2)c(NC(C)=O)cc1N=Nc1c(N)c(N=Nc2ccc(S(=O)(=O)CCOS(=O)(=O)O)cc2S(=O)(=O)O)c(N)c(N=Nc2ccc(C)cc2)c1C(=O)O. The van der Waals surface area contributed by atoms with E-state index in [1.165, 1.54) is 50.4 Å². The molecule has 8 N–H and O–H groups in total. The molecule has 35 heteroatoms. The largest absolute Gasteiger partial charge is 0.494 e. The number of thiol groups is 1. The Labute approximate surface area is 429 Å². The van der Waals surface area contributed by atoms with Crippen molar-refractivity contribution in [2.45, 2.75) is 23.6 Å². The van der Waals surface area contributed by atoms with Gasteiger partial charge in [0.15, 0.2) is 15.6 Å². The summed E-state index contributed by atoms with van der Waals surface area (Å²) in [6.45, 7) is 1.48. The van der Waals surface area contributed by atoms with E-state index < -0.39 is 111 Å². The van der Waals surface area contributed by atoms with E-state index in [-0.39, 0.29) is 40.2 Å². The molecule has 74 heavy (non-hydrogen) atoms. The van der Waals surface area contributed by atoms with E-state index in [4.69, 9.17) is 25.6 Å². The second kappa shape index (κ2) is 26.2. The lowest BCUT2D eigenvalue weighted by Crippen LogP contribution is -2.16. The summed E-state index contributed by atoms with van der Waals surface area (Å²) >= 11 is 4.33. The highest BCUT2D eigenvalue weighted by atomic mass is 32.3. The zero-order chi connectivity index (χ0) is 54.2. The fourth-order valence-electron chi connectivity index (χ4n) is 5.59. The number of amides is 1. The Morgan fingerprint density at radius 3 is 1.93 bits per heavy atom. The number of anilines is 3. The Morgan fingerprint density at radius 1 is 0.743 bits per heavy atom. The molecule has 5 aromatic rings. The molecule has 0 unspecified atom stereocenters. The first-order chi connectivity index (χ1) is 35.0. The van der Waals surface area contributed by atoms with Gasteiger partial charge in [-0.2, -0.15) is 41.2 Å². The lowest BCUT2D eigenvalue weighted by atomic mass is 10.1. The number of carboxylic acids is 1. The van der Waals surface area contributed by atoms with Crippen molar-refractivity contribution < 1.29 is 86.2 Å². The number of nitrogens with two attached hydrogens (primary N) is 2. The van der Waals surface area contributed by atoms with Crippen LogP contribution in [0.4, 0.5) is 62.6 Å². The van der Waals surface area contributed by atoms with E-state index in [2.05, 4.69) is 86.7 Å². The zero-order valence-electron chi connectivity index (χ0n) is 38.0. The molecule has 0 heterocycles. The average molecular weight is 1130 g/mol. The maximum atomic E-state index is 13.1. The van der Waals surface area contributed by atoms with Crippen LogP contribution in [0.15, 0.2) is 130 Å². The van der Waals surface area contributed by atoms with Crippen molar-refractivity contribution in [2.75, 3.05) is 49.0 Å². The Hall–Kier alpha value is -7.13. The van der Waals surface area contributed by atoms with Crippen molar-refractivity contribution >= 4 is 130 Å². The lowest BCUT2D eigenvalue weighted by Gasteiger charge is -2.14. The second-order valence-corrected chi connectivity index (χ2v) is 19.5. The molecule has 0 saturated carbocycles. The summed E-state index contributed by atoms with van der Waals surface area (Å²) in [7, 11) is -13.6. The molecular formula is C39H39N11O19S5. The number of aryl methyl sites for hydroxylation is 1. The quantitative estimate of drug-likeness (QED) is 0.00312. The molecule has 5 rings (SSSR count). The molecule has 0 aliphatic heterocycles.